The van der Waals surface area contributed by atoms with Gasteiger partial charge >= 0.3 is 6.09 Å². The average Bonchev–Trinajstić information content (AvgIpc) is 2.52. The van der Waals surface area contributed by atoms with Gasteiger partial charge in [0, 0.05) is 0 Å². The number of rotatable bonds is 5. The summed E-state index contributed by atoms with van der Waals surface area (Å²) in [7, 11) is -3.00. The molecule has 2 N–H and O–H groups in total. The van der Waals surface area contributed by atoms with E-state index in [-0.39, 0.29) is 9.20 Å². The zero-order chi connectivity index (χ0) is 19.4. The lowest BCUT2D eigenvalue weighted by molar-refractivity contribution is -0.132. The summed E-state index contributed by atoms with van der Waals surface area (Å²) in [5.41, 5.74) is 0.346. The molecule has 1 atom stereocenters. The molecule has 0 aliphatic heterocycles. The van der Waals surface area contributed by atoms with Crippen LogP contribution in [0.3, 0.4) is 0 Å². The molecule has 1 aromatic carbocycles. The van der Waals surface area contributed by atoms with Gasteiger partial charge in [-0.15, -0.1) is 0 Å². The Morgan fingerprint density at radius 2 is 1.72 bits per heavy atom. The van der Waals surface area contributed by atoms with E-state index in [2.05, 4.69) is 0 Å². The quantitative estimate of drug-likeness (QED) is 0.592. The van der Waals surface area contributed by atoms with E-state index in [0.29, 0.717) is 5.75 Å². The number of sulfonamides is 1. The highest BCUT2D eigenvalue weighted by molar-refractivity contribution is 7.89. The second-order valence-electron chi connectivity index (χ2n) is 6.11. The third-order valence-electron chi connectivity index (χ3n) is 3.03. The zero-order valence-corrected chi connectivity index (χ0v) is 15.5. The summed E-state index contributed by atoms with van der Waals surface area (Å²) in [4.78, 5) is 23.9. The first-order chi connectivity index (χ1) is 11.4. The van der Waals surface area contributed by atoms with E-state index < -0.39 is 33.7 Å². The maximum atomic E-state index is 12.8. The van der Waals surface area contributed by atoms with Crippen molar-refractivity contribution in [3.63, 3.8) is 0 Å². The lowest BCUT2D eigenvalue weighted by Crippen LogP contribution is -2.51. The van der Waals surface area contributed by atoms with Gasteiger partial charge in [0.05, 0.1) is 12.0 Å². The molecule has 0 spiro atoms. The number of hydroxylamine groups is 1. The molecule has 1 unspecified atom stereocenters. The van der Waals surface area contributed by atoms with Gasteiger partial charge in [-0.3, -0.25) is 10.0 Å². The van der Waals surface area contributed by atoms with Crippen LogP contribution in [0.1, 0.15) is 27.7 Å². The molecule has 0 fully saturated rings. The zero-order valence-electron chi connectivity index (χ0n) is 14.6. The fourth-order valence-corrected chi connectivity index (χ4v) is 3.29. The molecule has 0 heterocycles. The number of carbonyl (C=O) groups excluding carboxylic acids is 2. The van der Waals surface area contributed by atoms with Gasteiger partial charge in [0.2, 0.25) is 0 Å². The number of benzene rings is 1. The number of methoxy groups -OCH3 is 1. The molecule has 140 valence electrons. The van der Waals surface area contributed by atoms with Crippen molar-refractivity contribution in [2.24, 2.45) is 0 Å². The van der Waals surface area contributed by atoms with Gasteiger partial charge in [0.15, 0.2) is 0 Å². The first kappa shape index (κ1) is 20.7. The minimum Gasteiger partial charge on any atom is -0.497 e. The molecule has 25 heavy (non-hydrogen) atoms. The van der Waals surface area contributed by atoms with Crippen molar-refractivity contribution >= 4 is 22.0 Å². The average molecular weight is 374 g/mol. The fourth-order valence-electron chi connectivity index (χ4n) is 1.83. The summed E-state index contributed by atoms with van der Waals surface area (Å²) in [6.07, 6.45) is -1.24. The van der Waals surface area contributed by atoms with Crippen LogP contribution in [-0.4, -0.2) is 48.7 Å². The first-order valence-electron chi connectivity index (χ1n) is 7.29. The Labute approximate surface area is 146 Å². The highest BCUT2D eigenvalue weighted by Crippen LogP contribution is 2.23. The molecule has 1 aromatic rings. The Morgan fingerprint density at radius 3 is 2.12 bits per heavy atom. The minimum atomic E-state index is -4.42. The van der Waals surface area contributed by atoms with Crippen LogP contribution in [0, 0.1) is 0 Å². The van der Waals surface area contributed by atoms with E-state index in [9.17, 15) is 18.0 Å². The van der Waals surface area contributed by atoms with Crippen LogP contribution in [0.15, 0.2) is 29.2 Å². The monoisotopic (exact) mass is 374 g/mol. The Kier molecular flexibility index (Phi) is 6.38. The van der Waals surface area contributed by atoms with Crippen molar-refractivity contribution < 1.29 is 32.7 Å². The summed E-state index contributed by atoms with van der Waals surface area (Å²) in [5, 5.41) is 8.78. The van der Waals surface area contributed by atoms with E-state index in [1.807, 2.05) is 0 Å². The number of ether oxygens (including phenoxy) is 2. The Morgan fingerprint density at radius 1 is 1.20 bits per heavy atom. The SMILES string of the molecule is COc1ccc(S(=O)(=O)N(C(=O)OC(C)(C)C)C(C)C(=O)NO)cc1. The Bertz CT molecular complexity index is 723. The minimum absolute atomic E-state index is 0.239. The van der Waals surface area contributed by atoms with Crippen molar-refractivity contribution in [3.05, 3.63) is 24.3 Å². The van der Waals surface area contributed by atoms with E-state index in [0.717, 1.165) is 6.92 Å². The summed E-state index contributed by atoms with van der Waals surface area (Å²) < 4.78 is 36.0. The highest BCUT2D eigenvalue weighted by atomic mass is 32.2. The van der Waals surface area contributed by atoms with Crippen LogP contribution in [0.5, 0.6) is 5.75 Å². The maximum Gasteiger partial charge on any atom is 0.425 e. The van der Waals surface area contributed by atoms with Gasteiger partial charge in [-0.05, 0) is 52.0 Å². The van der Waals surface area contributed by atoms with Crippen molar-refractivity contribution in [1.82, 2.24) is 9.79 Å². The Hall–Kier alpha value is -2.33. The largest absolute Gasteiger partial charge is 0.497 e. The second-order valence-corrected chi connectivity index (χ2v) is 7.92. The van der Waals surface area contributed by atoms with Gasteiger partial charge in [0.1, 0.15) is 17.4 Å². The number of hydrogen-bond donors (Lipinski definition) is 2. The predicted molar refractivity (Wildman–Crippen MR) is 87.6 cm³/mol. The smallest absolute Gasteiger partial charge is 0.425 e. The van der Waals surface area contributed by atoms with Crippen LogP contribution in [0.4, 0.5) is 4.79 Å². The molecule has 0 aliphatic rings. The van der Waals surface area contributed by atoms with Gasteiger partial charge < -0.3 is 9.47 Å². The summed E-state index contributed by atoms with van der Waals surface area (Å²) in [5.74, 6) is -0.660. The summed E-state index contributed by atoms with van der Waals surface area (Å²) >= 11 is 0. The lowest BCUT2D eigenvalue weighted by atomic mass is 10.2. The van der Waals surface area contributed by atoms with E-state index in [4.69, 9.17) is 14.7 Å². The van der Waals surface area contributed by atoms with Crippen molar-refractivity contribution in [3.8, 4) is 5.75 Å². The molecule has 0 saturated heterocycles. The standard InChI is InChI=1S/C15H22N2O7S/c1-10(13(18)16-20)17(14(19)24-15(2,3)4)25(21,22)12-8-6-11(23-5)7-9-12/h6-10,20H,1-5H3,(H,16,18). The van der Waals surface area contributed by atoms with E-state index in [1.54, 1.807) is 20.8 Å². The van der Waals surface area contributed by atoms with E-state index >= 15 is 0 Å². The molecular weight excluding hydrogens is 352 g/mol. The van der Waals surface area contributed by atoms with Crippen molar-refractivity contribution in [2.45, 2.75) is 44.2 Å². The van der Waals surface area contributed by atoms with Crippen LogP contribution in [-0.2, 0) is 19.6 Å². The van der Waals surface area contributed by atoms with Crippen LogP contribution < -0.4 is 10.2 Å². The third kappa shape index (κ3) is 5.07. The van der Waals surface area contributed by atoms with Gasteiger partial charge in [-0.25, -0.2) is 18.7 Å². The molecule has 0 aromatic heterocycles. The van der Waals surface area contributed by atoms with Crippen LogP contribution in [0.2, 0.25) is 0 Å². The summed E-state index contributed by atoms with van der Waals surface area (Å²) in [6.45, 7) is 5.82. The molecule has 0 radical (unpaired) electrons. The molecule has 0 bridgehead atoms. The lowest BCUT2D eigenvalue weighted by Gasteiger charge is -2.29. The maximum absolute atomic E-state index is 12.8. The number of nitrogens with zero attached hydrogens (tertiary/aromatic N) is 1. The fraction of sp³-hybridized carbons (Fsp3) is 0.467. The topological polar surface area (TPSA) is 122 Å². The van der Waals surface area contributed by atoms with E-state index in [1.165, 1.54) is 36.9 Å². The number of amides is 2. The molecule has 1 rings (SSSR count). The van der Waals surface area contributed by atoms with Crippen LogP contribution >= 0.6 is 0 Å². The third-order valence-corrected chi connectivity index (χ3v) is 4.88. The molecular formula is C15H22N2O7S. The molecule has 10 heteroatoms. The Balaban J connectivity index is 3.37. The van der Waals surface area contributed by atoms with Gasteiger partial charge in [0.25, 0.3) is 15.9 Å². The number of nitrogens with one attached hydrogen (secondary N) is 1. The number of hydrogen-bond acceptors (Lipinski definition) is 7. The van der Waals surface area contributed by atoms with Gasteiger partial charge in [-0.1, -0.05) is 0 Å². The van der Waals surface area contributed by atoms with Crippen LogP contribution in [0.25, 0.3) is 0 Å². The molecule has 9 nitrogen and oxygen atoms in total. The van der Waals surface area contributed by atoms with Crippen molar-refractivity contribution in [2.75, 3.05) is 7.11 Å². The highest BCUT2D eigenvalue weighted by Gasteiger charge is 2.39. The molecule has 2 amide bonds. The van der Waals surface area contributed by atoms with Crippen molar-refractivity contribution in [1.29, 1.82) is 0 Å². The first-order valence-corrected chi connectivity index (χ1v) is 8.73. The molecule has 0 saturated carbocycles. The normalized spacial score (nSPS) is 12.9. The van der Waals surface area contributed by atoms with Gasteiger partial charge in [-0.2, -0.15) is 4.31 Å². The predicted octanol–water partition coefficient (Wildman–Crippen LogP) is 1.51. The number of carbonyl (C=O) groups is 2. The second kappa shape index (κ2) is 7.70. The summed E-state index contributed by atoms with van der Waals surface area (Å²) in [6, 6.07) is 3.73. The molecule has 0 aliphatic carbocycles.